The third-order valence-corrected chi connectivity index (χ3v) is 5.50. The van der Waals surface area contributed by atoms with Crippen molar-refractivity contribution in [3.8, 4) is 0 Å². The van der Waals surface area contributed by atoms with E-state index < -0.39 is 11.9 Å². The van der Waals surface area contributed by atoms with Gasteiger partial charge in [0.1, 0.15) is 6.10 Å². The monoisotopic (exact) mass is 418 g/mol. The van der Waals surface area contributed by atoms with Crippen LogP contribution >= 0.6 is 0 Å². The highest BCUT2D eigenvalue weighted by Gasteiger charge is 2.22. The third kappa shape index (κ3) is 10.3. The van der Waals surface area contributed by atoms with Crippen molar-refractivity contribution in [1.82, 2.24) is 0 Å². The van der Waals surface area contributed by atoms with Crippen LogP contribution < -0.4 is 0 Å². The lowest BCUT2D eigenvalue weighted by molar-refractivity contribution is 0.0167. The van der Waals surface area contributed by atoms with Crippen LogP contribution in [0.2, 0.25) is 0 Å². The Morgan fingerprint density at radius 1 is 0.767 bits per heavy atom. The lowest BCUT2D eigenvalue weighted by atomic mass is 10.0. The second-order valence-corrected chi connectivity index (χ2v) is 8.46. The molecule has 0 aliphatic carbocycles. The number of unbranched alkanes of at least 4 members (excludes halogenated alkanes) is 9. The van der Waals surface area contributed by atoms with Crippen molar-refractivity contribution in [3.05, 3.63) is 35.4 Å². The van der Waals surface area contributed by atoms with Crippen molar-refractivity contribution < 1.29 is 19.1 Å². The number of esters is 2. The molecule has 0 radical (unpaired) electrons. The van der Waals surface area contributed by atoms with E-state index in [1.165, 1.54) is 51.4 Å². The summed E-state index contributed by atoms with van der Waals surface area (Å²) in [7, 11) is 0. The number of carbonyl (C=O) groups excluding carboxylic acids is 2. The van der Waals surface area contributed by atoms with Crippen LogP contribution in [0.25, 0.3) is 0 Å². The quantitative estimate of drug-likeness (QED) is 0.208. The molecule has 0 aliphatic rings. The van der Waals surface area contributed by atoms with Gasteiger partial charge in [0.25, 0.3) is 0 Å². The molecule has 0 saturated carbocycles. The molecule has 1 atom stereocenters. The number of benzene rings is 1. The van der Waals surface area contributed by atoms with Crippen LogP contribution in [0.5, 0.6) is 0 Å². The second kappa shape index (κ2) is 15.9. The van der Waals surface area contributed by atoms with Gasteiger partial charge >= 0.3 is 11.9 Å². The maximum Gasteiger partial charge on any atom is 0.339 e. The number of hydrogen-bond acceptors (Lipinski definition) is 4. The highest BCUT2D eigenvalue weighted by Crippen LogP contribution is 2.17. The molecular weight excluding hydrogens is 376 g/mol. The molecule has 0 aromatic heterocycles. The number of rotatable bonds is 16. The fourth-order valence-electron chi connectivity index (χ4n) is 3.56. The first-order valence-electron chi connectivity index (χ1n) is 12.0. The highest BCUT2D eigenvalue weighted by molar-refractivity contribution is 6.03. The molecule has 170 valence electrons. The zero-order chi connectivity index (χ0) is 22.2. The highest BCUT2D eigenvalue weighted by atomic mass is 16.5. The Hall–Kier alpha value is -1.84. The largest absolute Gasteiger partial charge is 0.462 e. The van der Waals surface area contributed by atoms with Gasteiger partial charge in [0.15, 0.2) is 0 Å². The molecule has 0 aliphatic heterocycles. The second-order valence-electron chi connectivity index (χ2n) is 8.46. The van der Waals surface area contributed by atoms with Crippen LogP contribution in [0.1, 0.15) is 119 Å². The molecule has 30 heavy (non-hydrogen) atoms. The maximum atomic E-state index is 12.6. The van der Waals surface area contributed by atoms with E-state index in [-0.39, 0.29) is 23.1 Å². The predicted molar refractivity (Wildman–Crippen MR) is 123 cm³/mol. The van der Waals surface area contributed by atoms with Gasteiger partial charge < -0.3 is 9.47 Å². The normalized spacial score (nSPS) is 12.0. The Morgan fingerprint density at radius 2 is 1.27 bits per heavy atom. The molecule has 1 rings (SSSR count). The molecule has 4 heteroatoms. The standard InChI is InChI=1S/C26H42O4/c1-5-7-8-9-10-11-12-13-14-17-20-29-25(27)22-18-15-16-19-23(22)26(28)30-24(6-2)21(3)4/h15-16,18-19,21,24H,5-14,17,20H2,1-4H3. The number of carbonyl (C=O) groups is 2. The molecule has 1 aromatic carbocycles. The van der Waals surface area contributed by atoms with Crippen LogP contribution in [0.4, 0.5) is 0 Å². The minimum Gasteiger partial charge on any atom is -0.462 e. The summed E-state index contributed by atoms with van der Waals surface area (Å²) in [5.74, 6) is -0.674. The molecule has 0 heterocycles. The van der Waals surface area contributed by atoms with Gasteiger partial charge in [0.2, 0.25) is 0 Å². The molecule has 1 unspecified atom stereocenters. The predicted octanol–water partition coefficient (Wildman–Crippen LogP) is 7.36. The number of hydrogen-bond donors (Lipinski definition) is 0. The fraction of sp³-hybridized carbons (Fsp3) is 0.692. The Bertz CT molecular complexity index is 609. The van der Waals surface area contributed by atoms with Crippen molar-refractivity contribution in [3.63, 3.8) is 0 Å². The van der Waals surface area contributed by atoms with Crippen LogP contribution in [0, 0.1) is 5.92 Å². The van der Waals surface area contributed by atoms with Crippen molar-refractivity contribution in [2.45, 2.75) is 104 Å². The van der Waals surface area contributed by atoms with E-state index in [4.69, 9.17) is 9.47 Å². The van der Waals surface area contributed by atoms with E-state index in [1.54, 1.807) is 24.3 Å². The molecule has 0 bridgehead atoms. The lowest BCUT2D eigenvalue weighted by Gasteiger charge is -2.20. The van der Waals surface area contributed by atoms with E-state index in [2.05, 4.69) is 6.92 Å². The molecule has 0 amide bonds. The van der Waals surface area contributed by atoms with Gasteiger partial charge in [-0.05, 0) is 30.9 Å². The summed E-state index contributed by atoms with van der Waals surface area (Å²) in [4.78, 5) is 25.1. The molecule has 0 saturated heterocycles. The molecule has 4 nitrogen and oxygen atoms in total. The SMILES string of the molecule is CCCCCCCCCCCCOC(=O)c1ccccc1C(=O)OC(CC)C(C)C. The summed E-state index contributed by atoms with van der Waals surface area (Å²) >= 11 is 0. The topological polar surface area (TPSA) is 52.6 Å². The zero-order valence-electron chi connectivity index (χ0n) is 19.6. The molecule has 1 aromatic rings. The average Bonchev–Trinajstić information content (AvgIpc) is 2.75. The first kappa shape index (κ1) is 26.2. The lowest BCUT2D eigenvalue weighted by Crippen LogP contribution is -2.24. The fourth-order valence-corrected chi connectivity index (χ4v) is 3.56. The average molecular weight is 419 g/mol. The van der Waals surface area contributed by atoms with Gasteiger partial charge in [0, 0.05) is 0 Å². The summed E-state index contributed by atoms with van der Waals surface area (Å²) in [6, 6.07) is 6.75. The summed E-state index contributed by atoms with van der Waals surface area (Å²) < 4.78 is 11.0. The van der Waals surface area contributed by atoms with Gasteiger partial charge in [-0.15, -0.1) is 0 Å². The van der Waals surface area contributed by atoms with Gasteiger partial charge in [-0.1, -0.05) is 97.6 Å². The first-order valence-corrected chi connectivity index (χ1v) is 12.0. The summed E-state index contributed by atoms with van der Waals surface area (Å²) in [5.41, 5.74) is 0.567. The van der Waals surface area contributed by atoms with E-state index in [0.717, 1.165) is 19.3 Å². The Labute approximate surface area is 183 Å². The minimum atomic E-state index is -0.456. The summed E-state index contributed by atoms with van der Waals surface area (Å²) in [6.07, 6.45) is 12.9. The Morgan fingerprint density at radius 3 is 1.77 bits per heavy atom. The zero-order valence-corrected chi connectivity index (χ0v) is 19.6. The first-order chi connectivity index (χ1) is 14.5. The van der Waals surface area contributed by atoms with Gasteiger partial charge in [-0.25, -0.2) is 9.59 Å². The van der Waals surface area contributed by atoms with Crippen molar-refractivity contribution in [2.24, 2.45) is 5.92 Å². The molecular formula is C26H42O4. The van der Waals surface area contributed by atoms with Crippen LogP contribution in [0.15, 0.2) is 24.3 Å². The minimum absolute atomic E-state index is 0.159. The number of ether oxygens (including phenoxy) is 2. The molecule has 0 N–H and O–H groups in total. The van der Waals surface area contributed by atoms with Gasteiger partial charge in [-0.2, -0.15) is 0 Å². The van der Waals surface area contributed by atoms with E-state index in [1.807, 2.05) is 20.8 Å². The molecule has 0 spiro atoms. The van der Waals surface area contributed by atoms with Crippen molar-refractivity contribution in [1.29, 1.82) is 0 Å². The van der Waals surface area contributed by atoms with Crippen LogP contribution in [0.3, 0.4) is 0 Å². The maximum absolute atomic E-state index is 12.6. The van der Waals surface area contributed by atoms with E-state index in [0.29, 0.717) is 6.61 Å². The van der Waals surface area contributed by atoms with E-state index >= 15 is 0 Å². The van der Waals surface area contributed by atoms with E-state index in [9.17, 15) is 9.59 Å². The van der Waals surface area contributed by atoms with Gasteiger partial charge in [0.05, 0.1) is 17.7 Å². The summed E-state index contributed by atoms with van der Waals surface area (Å²) in [5, 5.41) is 0. The third-order valence-electron chi connectivity index (χ3n) is 5.50. The summed E-state index contributed by atoms with van der Waals surface area (Å²) in [6.45, 7) is 8.67. The van der Waals surface area contributed by atoms with Crippen molar-refractivity contribution in [2.75, 3.05) is 6.61 Å². The van der Waals surface area contributed by atoms with Crippen LogP contribution in [-0.2, 0) is 9.47 Å². The molecule has 0 fully saturated rings. The Kier molecular flexibility index (Phi) is 13.9. The van der Waals surface area contributed by atoms with Crippen LogP contribution in [-0.4, -0.2) is 24.6 Å². The Balaban J connectivity index is 2.35. The van der Waals surface area contributed by atoms with Crippen molar-refractivity contribution >= 4 is 11.9 Å². The van der Waals surface area contributed by atoms with Gasteiger partial charge in [-0.3, -0.25) is 0 Å². The smallest absolute Gasteiger partial charge is 0.339 e.